The summed E-state index contributed by atoms with van der Waals surface area (Å²) in [5, 5.41) is 5.60. The molecule has 1 aromatic carbocycles. The molecular weight excluding hydrogens is 498 g/mol. The summed E-state index contributed by atoms with van der Waals surface area (Å²) in [6, 6.07) is 10.9. The fourth-order valence-electron chi connectivity index (χ4n) is 5.05. The molecule has 4 heterocycles. The summed E-state index contributed by atoms with van der Waals surface area (Å²) in [6.07, 6.45) is 2.23. The number of carbonyl (C=O) groups is 2. The number of benzene rings is 1. The van der Waals surface area contributed by atoms with Crippen LogP contribution in [0.2, 0.25) is 0 Å². The van der Waals surface area contributed by atoms with Gasteiger partial charge in [0.05, 0.1) is 22.3 Å². The van der Waals surface area contributed by atoms with Crippen LogP contribution < -0.4 is 5.56 Å². The van der Waals surface area contributed by atoms with Gasteiger partial charge in [-0.2, -0.15) is 5.10 Å². The van der Waals surface area contributed by atoms with Crippen molar-refractivity contribution in [3.05, 3.63) is 58.6 Å². The van der Waals surface area contributed by atoms with Crippen molar-refractivity contribution < 1.29 is 19.1 Å². The third-order valence-electron chi connectivity index (χ3n) is 6.64. The second-order valence-electron chi connectivity index (χ2n) is 12.0. The van der Waals surface area contributed by atoms with Crippen molar-refractivity contribution >= 4 is 28.7 Å². The molecule has 1 N–H and O–H groups in total. The van der Waals surface area contributed by atoms with Crippen LogP contribution in [0.1, 0.15) is 66.0 Å². The molecule has 0 spiro atoms. The number of piperidine rings is 1. The van der Waals surface area contributed by atoms with Crippen LogP contribution in [0.15, 0.2) is 47.4 Å². The van der Waals surface area contributed by atoms with Gasteiger partial charge in [-0.25, -0.2) is 14.1 Å². The summed E-state index contributed by atoms with van der Waals surface area (Å²) >= 11 is 0. The molecule has 0 radical (unpaired) electrons. The lowest BCUT2D eigenvalue weighted by molar-refractivity contribution is 0.0203. The third kappa shape index (κ3) is 5.41. The molecule has 4 aromatic rings. The van der Waals surface area contributed by atoms with Gasteiger partial charge in [-0.1, -0.05) is 12.1 Å². The number of nitrogens with one attached hydrogen (secondary N) is 1. The Bertz CT molecular complexity index is 1610. The minimum absolute atomic E-state index is 0.0388. The summed E-state index contributed by atoms with van der Waals surface area (Å²) in [6.45, 7) is 12.1. The van der Waals surface area contributed by atoms with E-state index in [1.807, 2.05) is 65.8 Å². The van der Waals surface area contributed by atoms with Gasteiger partial charge in [0.15, 0.2) is 0 Å². The molecule has 10 heteroatoms. The number of ether oxygens (including phenoxy) is 2. The second-order valence-corrected chi connectivity index (χ2v) is 12.0. The zero-order valence-electron chi connectivity index (χ0n) is 23.3. The van der Waals surface area contributed by atoms with Crippen LogP contribution in [0.5, 0.6) is 0 Å². The summed E-state index contributed by atoms with van der Waals surface area (Å²) in [5.74, 6) is 0.0388. The number of nitrogens with zero attached hydrogens (tertiary/aromatic N) is 4. The number of amides is 1. The van der Waals surface area contributed by atoms with Crippen LogP contribution in [0.3, 0.4) is 0 Å². The topological polar surface area (TPSA) is 111 Å². The van der Waals surface area contributed by atoms with Crippen LogP contribution in [0.25, 0.3) is 27.8 Å². The van der Waals surface area contributed by atoms with Crippen molar-refractivity contribution in [1.29, 1.82) is 0 Å². The molecule has 206 valence electrons. The molecule has 1 amide bonds. The van der Waals surface area contributed by atoms with E-state index in [-0.39, 0.29) is 17.6 Å². The molecule has 0 aliphatic carbocycles. The zero-order chi connectivity index (χ0) is 28.1. The number of likely N-dealkylation sites (tertiary alicyclic amines) is 1. The van der Waals surface area contributed by atoms with Gasteiger partial charge in [0.1, 0.15) is 16.8 Å². The Morgan fingerprint density at radius 1 is 0.949 bits per heavy atom. The molecule has 39 heavy (non-hydrogen) atoms. The van der Waals surface area contributed by atoms with E-state index < -0.39 is 17.3 Å². The maximum atomic E-state index is 12.9. The van der Waals surface area contributed by atoms with Crippen LogP contribution in [0.4, 0.5) is 9.59 Å². The van der Waals surface area contributed by atoms with Crippen molar-refractivity contribution in [3.8, 4) is 11.3 Å². The summed E-state index contributed by atoms with van der Waals surface area (Å²) in [4.78, 5) is 43.1. The van der Waals surface area contributed by atoms with E-state index in [1.54, 1.807) is 27.7 Å². The number of aromatic amines is 1. The molecule has 3 aromatic heterocycles. The van der Waals surface area contributed by atoms with Crippen molar-refractivity contribution in [1.82, 2.24) is 24.1 Å². The molecular formula is C29H35N5O5. The SMILES string of the molecule is CC(C)(C)OC(=O)N1CCC(c2cc(=O)[nH]c3c4c(-c5cccn5C(=O)OC(C)(C)C)cccc4nn23)CC1. The third-order valence-corrected chi connectivity index (χ3v) is 6.64. The lowest BCUT2D eigenvalue weighted by atomic mass is 9.93. The van der Waals surface area contributed by atoms with E-state index in [4.69, 9.17) is 14.6 Å². The maximum absolute atomic E-state index is 12.9. The lowest BCUT2D eigenvalue weighted by Gasteiger charge is -2.33. The molecule has 1 saturated heterocycles. The van der Waals surface area contributed by atoms with E-state index in [1.165, 1.54) is 4.57 Å². The molecule has 0 unspecified atom stereocenters. The molecule has 0 bridgehead atoms. The first-order valence-corrected chi connectivity index (χ1v) is 13.2. The van der Waals surface area contributed by atoms with E-state index in [0.29, 0.717) is 42.8 Å². The van der Waals surface area contributed by atoms with E-state index >= 15 is 0 Å². The fraction of sp³-hybridized carbons (Fsp3) is 0.448. The standard InChI is InChI=1S/C29H35N5O5/c1-28(2,3)38-26(36)32-15-12-18(13-16-32)22-17-23(35)30-25-24-19(9-7-10-20(24)31-34(22)25)21-11-8-14-33(21)27(37)39-29(4,5)6/h7-11,14,17-18H,12-13,15-16H2,1-6H3,(H,30,35). The predicted octanol–water partition coefficient (Wildman–Crippen LogP) is 5.54. The number of rotatable bonds is 2. The number of aromatic nitrogens is 4. The number of hydrogen-bond acceptors (Lipinski definition) is 6. The van der Waals surface area contributed by atoms with Crippen LogP contribution in [-0.4, -0.2) is 60.5 Å². The smallest absolute Gasteiger partial charge is 0.418 e. The summed E-state index contributed by atoms with van der Waals surface area (Å²) in [7, 11) is 0. The summed E-state index contributed by atoms with van der Waals surface area (Å²) in [5.41, 5.74) is 2.02. The average Bonchev–Trinajstić information content (AvgIpc) is 3.47. The molecule has 0 saturated carbocycles. The van der Waals surface area contributed by atoms with Gasteiger partial charge in [0, 0.05) is 36.8 Å². The number of hydrogen-bond donors (Lipinski definition) is 1. The Kier molecular flexibility index (Phi) is 6.52. The number of carbonyl (C=O) groups excluding carboxylic acids is 2. The average molecular weight is 534 g/mol. The highest BCUT2D eigenvalue weighted by atomic mass is 16.6. The van der Waals surface area contributed by atoms with E-state index in [2.05, 4.69) is 4.98 Å². The highest BCUT2D eigenvalue weighted by Crippen LogP contribution is 2.34. The first-order valence-electron chi connectivity index (χ1n) is 13.2. The van der Waals surface area contributed by atoms with Crippen molar-refractivity contribution in [2.24, 2.45) is 0 Å². The van der Waals surface area contributed by atoms with Crippen molar-refractivity contribution in [2.45, 2.75) is 71.5 Å². The second kappa shape index (κ2) is 9.59. The van der Waals surface area contributed by atoms with E-state index in [0.717, 1.165) is 16.6 Å². The van der Waals surface area contributed by atoms with Crippen molar-refractivity contribution in [2.75, 3.05) is 13.1 Å². The Labute approximate surface area is 226 Å². The van der Waals surface area contributed by atoms with Gasteiger partial charge in [-0.3, -0.25) is 9.36 Å². The Hall–Kier alpha value is -4.08. The van der Waals surface area contributed by atoms with Crippen LogP contribution in [0, 0.1) is 0 Å². The number of H-pyrrole nitrogens is 1. The maximum Gasteiger partial charge on any atom is 0.418 e. The van der Waals surface area contributed by atoms with Gasteiger partial charge < -0.3 is 19.4 Å². The molecule has 10 nitrogen and oxygen atoms in total. The van der Waals surface area contributed by atoms with Crippen LogP contribution >= 0.6 is 0 Å². The van der Waals surface area contributed by atoms with E-state index in [9.17, 15) is 14.4 Å². The first kappa shape index (κ1) is 26.5. The Morgan fingerprint density at radius 2 is 1.62 bits per heavy atom. The fourth-order valence-corrected chi connectivity index (χ4v) is 5.05. The molecule has 0 atom stereocenters. The molecule has 1 fully saturated rings. The highest BCUT2D eigenvalue weighted by molar-refractivity contribution is 6.04. The normalized spacial score (nSPS) is 15.2. The molecule has 1 aliphatic heterocycles. The largest absolute Gasteiger partial charge is 0.444 e. The monoisotopic (exact) mass is 533 g/mol. The Morgan fingerprint density at radius 3 is 2.28 bits per heavy atom. The predicted molar refractivity (Wildman–Crippen MR) is 148 cm³/mol. The number of fused-ring (bicyclic) bond motifs is 3. The van der Waals surface area contributed by atoms with Gasteiger partial charge in [0.25, 0.3) is 5.56 Å². The summed E-state index contributed by atoms with van der Waals surface area (Å²) < 4.78 is 14.4. The van der Waals surface area contributed by atoms with Gasteiger partial charge in [0.2, 0.25) is 0 Å². The van der Waals surface area contributed by atoms with Crippen molar-refractivity contribution in [3.63, 3.8) is 0 Å². The Balaban J connectivity index is 1.53. The molecule has 5 rings (SSSR count). The minimum Gasteiger partial charge on any atom is -0.444 e. The van der Waals surface area contributed by atoms with Gasteiger partial charge in [-0.05, 0) is 72.6 Å². The van der Waals surface area contributed by atoms with Crippen LogP contribution in [-0.2, 0) is 9.47 Å². The van der Waals surface area contributed by atoms with Gasteiger partial charge >= 0.3 is 12.2 Å². The van der Waals surface area contributed by atoms with Gasteiger partial charge in [-0.15, -0.1) is 0 Å². The minimum atomic E-state index is -0.645. The quantitative estimate of drug-likeness (QED) is 0.362. The zero-order valence-corrected chi connectivity index (χ0v) is 23.3. The molecule has 1 aliphatic rings. The first-order chi connectivity index (χ1) is 18.3. The highest BCUT2D eigenvalue weighted by Gasteiger charge is 2.30. The lowest BCUT2D eigenvalue weighted by Crippen LogP contribution is -2.41.